The Bertz CT molecular complexity index is 680. The van der Waals surface area contributed by atoms with Gasteiger partial charge in [0.1, 0.15) is 0 Å². The summed E-state index contributed by atoms with van der Waals surface area (Å²) in [6.07, 6.45) is 0.912. The number of benzene rings is 2. The number of primary sulfonamides is 1. The summed E-state index contributed by atoms with van der Waals surface area (Å²) in [5.74, 6) is 0. The average Bonchev–Trinajstić information content (AvgIpc) is 2.45. The molecule has 0 atom stereocenters. The predicted octanol–water partition coefficient (Wildman–Crippen LogP) is 1.25. The fraction of sp³-hybridized carbons (Fsp3) is 0.200. The Labute approximate surface area is 125 Å². The van der Waals surface area contributed by atoms with Crippen LogP contribution < -0.4 is 16.2 Å². The summed E-state index contributed by atoms with van der Waals surface area (Å²) < 4.78 is 22.3. The van der Waals surface area contributed by atoms with E-state index < -0.39 is 10.0 Å². The molecule has 112 valence electrons. The molecule has 21 heavy (non-hydrogen) atoms. The van der Waals surface area contributed by atoms with Gasteiger partial charge in [0.25, 0.3) is 0 Å². The van der Waals surface area contributed by atoms with Crippen LogP contribution in [0.3, 0.4) is 0 Å². The summed E-state index contributed by atoms with van der Waals surface area (Å²) in [7, 11) is -3.61. The highest BCUT2D eigenvalue weighted by Crippen LogP contribution is 2.09. The first-order chi connectivity index (χ1) is 9.95. The summed E-state index contributed by atoms with van der Waals surface area (Å²) in [4.78, 5) is 0.133. The number of hydrogen-bond acceptors (Lipinski definition) is 4. The maximum absolute atomic E-state index is 11.1. The van der Waals surface area contributed by atoms with Crippen LogP contribution in [0.4, 0.5) is 5.69 Å². The molecule has 0 saturated heterocycles. The van der Waals surface area contributed by atoms with Crippen molar-refractivity contribution in [3.63, 3.8) is 0 Å². The van der Waals surface area contributed by atoms with Gasteiger partial charge in [-0.3, -0.25) is 0 Å². The first-order valence-corrected chi connectivity index (χ1v) is 8.17. The second-order valence-corrected chi connectivity index (χ2v) is 6.42. The molecular formula is C15H19N3O2S. The Kier molecular flexibility index (Phi) is 4.95. The molecule has 0 fully saturated rings. The molecule has 0 saturated carbocycles. The molecule has 0 radical (unpaired) electrons. The number of nitrogens with one attached hydrogen (secondary N) is 1. The van der Waals surface area contributed by atoms with E-state index in [0.29, 0.717) is 6.54 Å². The van der Waals surface area contributed by atoms with Crippen LogP contribution >= 0.6 is 0 Å². The maximum atomic E-state index is 11.1. The first kappa shape index (κ1) is 15.5. The van der Waals surface area contributed by atoms with Gasteiger partial charge in [0.15, 0.2) is 0 Å². The number of sulfonamides is 1. The lowest BCUT2D eigenvalue weighted by Crippen LogP contribution is -2.17. The van der Waals surface area contributed by atoms with Crippen LogP contribution in [0.2, 0.25) is 0 Å². The van der Waals surface area contributed by atoms with Crippen LogP contribution in [0.15, 0.2) is 53.4 Å². The lowest BCUT2D eigenvalue weighted by Gasteiger charge is -2.06. The van der Waals surface area contributed by atoms with Crippen LogP contribution in [0.25, 0.3) is 0 Å². The van der Waals surface area contributed by atoms with Crippen LogP contribution in [0.1, 0.15) is 11.1 Å². The number of nitrogen functional groups attached to an aromatic ring is 1. The number of anilines is 1. The molecule has 0 aliphatic carbocycles. The van der Waals surface area contributed by atoms with Crippen molar-refractivity contribution in [1.29, 1.82) is 0 Å². The van der Waals surface area contributed by atoms with Crippen LogP contribution in [0, 0.1) is 0 Å². The third-order valence-corrected chi connectivity index (χ3v) is 4.08. The Morgan fingerprint density at radius 1 is 0.905 bits per heavy atom. The van der Waals surface area contributed by atoms with E-state index >= 15 is 0 Å². The molecule has 0 aliphatic rings. The van der Waals surface area contributed by atoms with Crippen LogP contribution in [0.5, 0.6) is 0 Å². The van der Waals surface area contributed by atoms with E-state index in [0.717, 1.165) is 24.2 Å². The van der Waals surface area contributed by atoms with Gasteiger partial charge in [-0.25, -0.2) is 13.6 Å². The Balaban J connectivity index is 1.80. The maximum Gasteiger partial charge on any atom is 0.238 e. The van der Waals surface area contributed by atoms with Gasteiger partial charge in [-0.15, -0.1) is 0 Å². The van der Waals surface area contributed by atoms with Crippen molar-refractivity contribution >= 4 is 15.7 Å². The third kappa shape index (κ3) is 4.86. The summed E-state index contributed by atoms with van der Waals surface area (Å²) in [5, 5.41) is 8.36. The normalized spacial score (nSPS) is 11.5. The van der Waals surface area contributed by atoms with Crippen molar-refractivity contribution in [3.8, 4) is 0 Å². The van der Waals surface area contributed by atoms with E-state index in [9.17, 15) is 8.42 Å². The molecule has 0 aromatic heterocycles. The zero-order valence-electron chi connectivity index (χ0n) is 11.6. The van der Waals surface area contributed by atoms with Gasteiger partial charge in [0.2, 0.25) is 10.0 Å². The van der Waals surface area contributed by atoms with E-state index in [4.69, 9.17) is 10.9 Å². The topological polar surface area (TPSA) is 98.2 Å². The van der Waals surface area contributed by atoms with E-state index in [-0.39, 0.29) is 4.90 Å². The summed E-state index contributed by atoms with van der Waals surface area (Å²) in [6, 6.07) is 14.4. The molecule has 0 unspecified atom stereocenters. The van der Waals surface area contributed by atoms with Gasteiger partial charge < -0.3 is 11.1 Å². The van der Waals surface area contributed by atoms with Crippen molar-refractivity contribution in [2.75, 3.05) is 12.3 Å². The van der Waals surface area contributed by atoms with Crippen molar-refractivity contribution in [1.82, 2.24) is 5.32 Å². The standard InChI is InChI=1S/C15H19N3O2S/c16-14-5-1-12(2-6-14)9-10-18-11-13-3-7-15(8-4-13)21(17,19)20/h1-8,18H,9-11,16H2,(H2,17,19,20). The average molecular weight is 305 g/mol. The highest BCUT2D eigenvalue weighted by Gasteiger charge is 2.06. The fourth-order valence-electron chi connectivity index (χ4n) is 1.95. The van der Waals surface area contributed by atoms with Gasteiger partial charge in [0, 0.05) is 12.2 Å². The molecule has 6 heteroatoms. The lowest BCUT2D eigenvalue weighted by molar-refractivity contribution is 0.597. The molecule has 5 nitrogen and oxygen atoms in total. The van der Waals surface area contributed by atoms with Gasteiger partial charge in [-0.1, -0.05) is 24.3 Å². The molecule has 5 N–H and O–H groups in total. The summed E-state index contributed by atoms with van der Waals surface area (Å²) >= 11 is 0. The number of hydrogen-bond donors (Lipinski definition) is 3. The van der Waals surface area contributed by atoms with Gasteiger partial charge in [-0.05, 0) is 48.4 Å². The summed E-state index contributed by atoms with van der Waals surface area (Å²) in [6.45, 7) is 1.51. The second-order valence-electron chi connectivity index (χ2n) is 4.86. The first-order valence-electron chi connectivity index (χ1n) is 6.62. The van der Waals surface area contributed by atoms with Gasteiger partial charge in [0.05, 0.1) is 4.90 Å². The van der Waals surface area contributed by atoms with Crippen LogP contribution in [-0.2, 0) is 23.0 Å². The molecule has 2 rings (SSSR count). The SMILES string of the molecule is Nc1ccc(CCNCc2ccc(S(N)(=O)=O)cc2)cc1. The minimum absolute atomic E-state index is 0.133. The van der Waals surface area contributed by atoms with Crippen molar-refractivity contribution in [3.05, 3.63) is 59.7 Å². The highest BCUT2D eigenvalue weighted by atomic mass is 32.2. The largest absolute Gasteiger partial charge is 0.399 e. The fourth-order valence-corrected chi connectivity index (χ4v) is 2.46. The summed E-state index contributed by atoms with van der Waals surface area (Å²) in [5.41, 5.74) is 8.64. The van der Waals surface area contributed by atoms with Crippen molar-refractivity contribution < 1.29 is 8.42 Å². The minimum Gasteiger partial charge on any atom is -0.399 e. The van der Waals surface area contributed by atoms with Crippen molar-refractivity contribution in [2.45, 2.75) is 17.9 Å². The Hall–Kier alpha value is -1.89. The minimum atomic E-state index is -3.61. The predicted molar refractivity (Wildman–Crippen MR) is 84.1 cm³/mol. The number of rotatable bonds is 6. The molecule has 2 aromatic carbocycles. The molecular weight excluding hydrogens is 286 g/mol. The van der Waals surface area contributed by atoms with Gasteiger partial charge >= 0.3 is 0 Å². The molecule has 0 amide bonds. The zero-order chi connectivity index (χ0) is 15.3. The highest BCUT2D eigenvalue weighted by molar-refractivity contribution is 7.89. The lowest BCUT2D eigenvalue weighted by atomic mass is 10.1. The van der Waals surface area contributed by atoms with E-state index in [1.165, 1.54) is 17.7 Å². The Morgan fingerprint density at radius 2 is 1.48 bits per heavy atom. The Morgan fingerprint density at radius 3 is 2.05 bits per heavy atom. The zero-order valence-corrected chi connectivity index (χ0v) is 12.4. The van der Waals surface area contributed by atoms with E-state index in [1.807, 2.05) is 24.3 Å². The number of nitrogens with two attached hydrogens (primary N) is 2. The third-order valence-electron chi connectivity index (χ3n) is 3.15. The molecule has 0 heterocycles. The molecule has 0 bridgehead atoms. The quantitative estimate of drug-likeness (QED) is 0.552. The second kappa shape index (κ2) is 6.71. The molecule has 0 spiro atoms. The van der Waals surface area contributed by atoms with Crippen molar-refractivity contribution in [2.24, 2.45) is 5.14 Å². The monoisotopic (exact) mass is 305 g/mol. The molecule has 0 aliphatic heterocycles. The van der Waals surface area contributed by atoms with E-state index in [2.05, 4.69) is 5.32 Å². The van der Waals surface area contributed by atoms with Gasteiger partial charge in [-0.2, -0.15) is 0 Å². The smallest absolute Gasteiger partial charge is 0.238 e. The van der Waals surface area contributed by atoms with Crippen LogP contribution in [-0.4, -0.2) is 15.0 Å². The molecule has 2 aromatic rings. The van der Waals surface area contributed by atoms with E-state index in [1.54, 1.807) is 12.1 Å².